The highest BCUT2D eigenvalue weighted by molar-refractivity contribution is 5.93. The van der Waals surface area contributed by atoms with Crippen molar-refractivity contribution in [1.82, 2.24) is 14.3 Å². The summed E-state index contributed by atoms with van der Waals surface area (Å²) in [7, 11) is 0. The van der Waals surface area contributed by atoms with Gasteiger partial charge >= 0.3 is 5.97 Å². The molecule has 22 heavy (non-hydrogen) atoms. The van der Waals surface area contributed by atoms with Crippen LogP contribution in [0.15, 0.2) is 24.5 Å². The molecule has 1 aliphatic rings. The number of pyridine rings is 1. The van der Waals surface area contributed by atoms with E-state index < -0.39 is 12.1 Å². The van der Waals surface area contributed by atoms with E-state index in [1.165, 1.54) is 4.90 Å². The molecule has 7 nitrogen and oxygen atoms in total. The van der Waals surface area contributed by atoms with Crippen LogP contribution in [0.5, 0.6) is 0 Å². The molecule has 0 aromatic carbocycles. The number of carbonyl (C=O) groups excluding carboxylic acids is 1. The molecule has 0 radical (unpaired) electrons. The van der Waals surface area contributed by atoms with E-state index in [2.05, 4.69) is 4.98 Å². The number of hydrogen-bond donors (Lipinski definition) is 1. The number of carbonyl (C=O) groups is 2. The van der Waals surface area contributed by atoms with E-state index in [9.17, 15) is 9.59 Å². The van der Waals surface area contributed by atoms with Crippen molar-refractivity contribution in [3.63, 3.8) is 0 Å². The van der Waals surface area contributed by atoms with Crippen molar-refractivity contribution in [2.75, 3.05) is 13.1 Å². The third-order valence-corrected chi connectivity index (χ3v) is 3.66. The molecular formula is C15H17N3O4. The molecular weight excluding hydrogens is 286 g/mol. The lowest BCUT2D eigenvalue weighted by Gasteiger charge is -2.34. The second kappa shape index (κ2) is 5.42. The standard InChI is InChI=1S/C15H17N3O4/c1-9-3-4-17-7-11(16-13(17)5-9)14(19)18-6-10(2)22-12(8-18)15(20)21/h3-5,7,10,12H,6,8H2,1-2H3,(H,20,21)/t10-,12?/m1/s1. The Morgan fingerprint density at radius 3 is 2.91 bits per heavy atom. The van der Waals surface area contributed by atoms with Crippen molar-refractivity contribution in [2.45, 2.75) is 26.1 Å². The maximum Gasteiger partial charge on any atom is 0.334 e. The highest BCUT2D eigenvalue weighted by atomic mass is 16.5. The highest BCUT2D eigenvalue weighted by Gasteiger charge is 2.33. The molecule has 1 aliphatic heterocycles. The molecule has 2 aromatic rings. The number of aryl methyl sites for hydroxylation is 1. The summed E-state index contributed by atoms with van der Waals surface area (Å²) in [5.74, 6) is -1.34. The molecule has 2 atom stereocenters. The summed E-state index contributed by atoms with van der Waals surface area (Å²) in [5, 5.41) is 9.09. The fourth-order valence-electron chi connectivity index (χ4n) is 2.60. The molecule has 0 bridgehead atoms. The van der Waals surface area contributed by atoms with Gasteiger partial charge in [-0.3, -0.25) is 4.79 Å². The second-order valence-corrected chi connectivity index (χ2v) is 5.58. The first-order valence-corrected chi connectivity index (χ1v) is 7.07. The summed E-state index contributed by atoms with van der Waals surface area (Å²) in [6.45, 7) is 4.10. The summed E-state index contributed by atoms with van der Waals surface area (Å²) in [6.07, 6.45) is 2.19. The van der Waals surface area contributed by atoms with Gasteiger partial charge in [0.25, 0.3) is 5.91 Å². The summed E-state index contributed by atoms with van der Waals surface area (Å²) in [5.41, 5.74) is 2.06. The van der Waals surface area contributed by atoms with Gasteiger partial charge in [-0.2, -0.15) is 0 Å². The van der Waals surface area contributed by atoms with Crippen LogP contribution in [0.25, 0.3) is 5.65 Å². The molecule has 2 aromatic heterocycles. The van der Waals surface area contributed by atoms with Crippen LogP contribution in [0.2, 0.25) is 0 Å². The molecule has 0 saturated carbocycles. The van der Waals surface area contributed by atoms with Crippen molar-refractivity contribution >= 4 is 17.5 Å². The van der Waals surface area contributed by atoms with Crippen LogP contribution in [-0.4, -0.2) is 56.6 Å². The number of carboxylic acid groups (broad SMARTS) is 1. The largest absolute Gasteiger partial charge is 0.479 e. The quantitative estimate of drug-likeness (QED) is 0.893. The van der Waals surface area contributed by atoms with Gasteiger partial charge in [-0.15, -0.1) is 0 Å². The van der Waals surface area contributed by atoms with Crippen molar-refractivity contribution < 1.29 is 19.4 Å². The molecule has 0 spiro atoms. The molecule has 0 aliphatic carbocycles. The Morgan fingerprint density at radius 2 is 2.18 bits per heavy atom. The molecule has 7 heteroatoms. The monoisotopic (exact) mass is 303 g/mol. The van der Waals surface area contributed by atoms with Gasteiger partial charge in [0.05, 0.1) is 12.6 Å². The first-order valence-electron chi connectivity index (χ1n) is 7.07. The van der Waals surface area contributed by atoms with Gasteiger partial charge in [-0.25, -0.2) is 9.78 Å². The Hall–Kier alpha value is -2.41. The normalized spacial score (nSPS) is 22.0. The van der Waals surface area contributed by atoms with Crippen LogP contribution in [-0.2, 0) is 9.53 Å². The van der Waals surface area contributed by atoms with Crippen LogP contribution >= 0.6 is 0 Å². The minimum absolute atomic E-state index is 0.0331. The molecule has 1 N–H and O–H groups in total. The van der Waals surface area contributed by atoms with Crippen molar-refractivity contribution in [2.24, 2.45) is 0 Å². The van der Waals surface area contributed by atoms with E-state index in [0.717, 1.165) is 5.56 Å². The number of hydrogen-bond acceptors (Lipinski definition) is 4. The molecule has 1 fully saturated rings. The first-order chi connectivity index (χ1) is 10.4. The van der Waals surface area contributed by atoms with Gasteiger partial charge in [0.1, 0.15) is 11.3 Å². The zero-order chi connectivity index (χ0) is 15.9. The SMILES string of the molecule is Cc1ccn2cc(C(=O)N3CC(C(=O)O)O[C@H](C)C3)nc2c1. The Morgan fingerprint density at radius 1 is 1.41 bits per heavy atom. The van der Waals surface area contributed by atoms with Gasteiger partial charge in [0.15, 0.2) is 6.10 Å². The average molecular weight is 303 g/mol. The Labute approximate surface area is 127 Å². The number of amides is 1. The number of morpholine rings is 1. The molecule has 3 rings (SSSR count). The van der Waals surface area contributed by atoms with Gasteiger partial charge in [-0.05, 0) is 31.5 Å². The van der Waals surface area contributed by atoms with E-state index in [4.69, 9.17) is 9.84 Å². The number of fused-ring (bicyclic) bond motifs is 1. The van der Waals surface area contributed by atoms with Gasteiger partial charge < -0.3 is 19.1 Å². The van der Waals surface area contributed by atoms with E-state index in [0.29, 0.717) is 17.9 Å². The lowest BCUT2D eigenvalue weighted by molar-refractivity contribution is -0.160. The number of rotatable bonds is 2. The predicted octanol–water partition coefficient (Wildman–Crippen LogP) is 0.957. The van der Waals surface area contributed by atoms with E-state index in [1.807, 2.05) is 25.3 Å². The Kier molecular flexibility index (Phi) is 3.58. The zero-order valence-corrected chi connectivity index (χ0v) is 12.4. The lowest BCUT2D eigenvalue weighted by Crippen LogP contribution is -2.51. The van der Waals surface area contributed by atoms with Gasteiger partial charge in [0.2, 0.25) is 0 Å². The van der Waals surface area contributed by atoms with Crippen LogP contribution in [0, 0.1) is 6.92 Å². The van der Waals surface area contributed by atoms with Crippen LogP contribution in [0.4, 0.5) is 0 Å². The summed E-state index contributed by atoms with van der Waals surface area (Å²) < 4.78 is 7.10. The third kappa shape index (κ3) is 2.67. The number of imidazole rings is 1. The van der Waals surface area contributed by atoms with Crippen molar-refractivity contribution in [3.8, 4) is 0 Å². The number of ether oxygens (including phenoxy) is 1. The van der Waals surface area contributed by atoms with E-state index >= 15 is 0 Å². The second-order valence-electron chi connectivity index (χ2n) is 5.58. The minimum Gasteiger partial charge on any atom is -0.479 e. The molecule has 1 amide bonds. The zero-order valence-electron chi connectivity index (χ0n) is 12.4. The third-order valence-electron chi connectivity index (χ3n) is 3.66. The first kappa shape index (κ1) is 14.5. The summed E-state index contributed by atoms with van der Waals surface area (Å²) in [6, 6.07) is 3.82. The Bertz CT molecular complexity index is 739. The number of aliphatic carboxylic acids is 1. The van der Waals surface area contributed by atoms with Crippen molar-refractivity contribution in [1.29, 1.82) is 0 Å². The maximum absolute atomic E-state index is 12.6. The fraction of sp³-hybridized carbons (Fsp3) is 0.400. The van der Waals surface area contributed by atoms with Crippen LogP contribution in [0.1, 0.15) is 23.0 Å². The highest BCUT2D eigenvalue weighted by Crippen LogP contribution is 2.15. The van der Waals surface area contributed by atoms with Gasteiger partial charge in [0, 0.05) is 18.9 Å². The molecule has 1 unspecified atom stereocenters. The predicted molar refractivity (Wildman–Crippen MR) is 77.8 cm³/mol. The van der Waals surface area contributed by atoms with Gasteiger partial charge in [-0.1, -0.05) is 0 Å². The minimum atomic E-state index is -1.06. The molecule has 1 saturated heterocycles. The van der Waals surface area contributed by atoms with E-state index in [1.54, 1.807) is 17.5 Å². The smallest absolute Gasteiger partial charge is 0.334 e. The van der Waals surface area contributed by atoms with Crippen molar-refractivity contribution in [3.05, 3.63) is 35.8 Å². The summed E-state index contributed by atoms with van der Waals surface area (Å²) in [4.78, 5) is 29.5. The molecule has 3 heterocycles. The maximum atomic E-state index is 12.6. The topological polar surface area (TPSA) is 84.1 Å². The Balaban J connectivity index is 1.86. The fourth-order valence-corrected chi connectivity index (χ4v) is 2.60. The summed E-state index contributed by atoms with van der Waals surface area (Å²) >= 11 is 0. The average Bonchev–Trinajstić information content (AvgIpc) is 2.88. The van der Waals surface area contributed by atoms with Crippen LogP contribution in [0.3, 0.4) is 0 Å². The van der Waals surface area contributed by atoms with Crippen LogP contribution < -0.4 is 0 Å². The molecule has 116 valence electrons. The number of nitrogens with zero attached hydrogens (tertiary/aromatic N) is 3. The number of carboxylic acids is 1. The lowest BCUT2D eigenvalue weighted by atomic mass is 10.2. The number of aromatic nitrogens is 2. The van der Waals surface area contributed by atoms with E-state index in [-0.39, 0.29) is 18.6 Å².